The Morgan fingerprint density at radius 1 is 1.16 bits per heavy atom. The highest BCUT2D eigenvalue weighted by atomic mass is 16.2. The number of nitrogens with zero attached hydrogens (tertiary/aromatic N) is 1. The fourth-order valence-corrected chi connectivity index (χ4v) is 2.36. The molecular formula is C16H26N2O. The third-order valence-electron chi connectivity index (χ3n) is 3.97. The molecule has 1 amide bonds. The second-order valence-corrected chi connectivity index (χ2v) is 5.33. The Morgan fingerprint density at radius 2 is 1.68 bits per heavy atom. The van der Waals surface area contributed by atoms with Crippen molar-refractivity contribution in [2.24, 2.45) is 0 Å². The number of benzene rings is 1. The molecule has 0 aliphatic rings. The van der Waals surface area contributed by atoms with E-state index in [4.69, 9.17) is 0 Å². The first kappa shape index (κ1) is 15.7. The van der Waals surface area contributed by atoms with E-state index < -0.39 is 0 Å². The van der Waals surface area contributed by atoms with Crippen LogP contribution in [0.15, 0.2) is 6.07 Å². The minimum Gasteiger partial charge on any atom is -0.344 e. The SMILES string of the molecule is CNCC(=O)N(C)CCc1c(C)c(C)cc(C)c1C. The van der Waals surface area contributed by atoms with Crippen LogP contribution < -0.4 is 5.32 Å². The molecule has 0 saturated carbocycles. The van der Waals surface area contributed by atoms with Crippen molar-refractivity contribution in [3.63, 3.8) is 0 Å². The summed E-state index contributed by atoms with van der Waals surface area (Å²) in [5, 5.41) is 2.90. The monoisotopic (exact) mass is 262 g/mol. The normalized spacial score (nSPS) is 10.6. The number of aryl methyl sites for hydroxylation is 2. The highest BCUT2D eigenvalue weighted by Gasteiger charge is 2.11. The van der Waals surface area contributed by atoms with Gasteiger partial charge in [-0.3, -0.25) is 4.79 Å². The molecule has 0 radical (unpaired) electrons. The van der Waals surface area contributed by atoms with E-state index >= 15 is 0 Å². The minimum absolute atomic E-state index is 0.141. The number of hydrogen-bond acceptors (Lipinski definition) is 2. The van der Waals surface area contributed by atoms with E-state index in [1.807, 2.05) is 7.05 Å². The van der Waals surface area contributed by atoms with Gasteiger partial charge in [0.15, 0.2) is 0 Å². The van der Waals surface area contributed by atoms with Gasteiger partial charge in [-0.05, 0) is 69.0 Å². The fraction of sp³-hybridized carbons (Fsp3) is 0.562. The Morgan fingerprint density at radius 3 is 2.16 bits per heavy atom. The van der Waals surface area contributed by atoms with Gasteiger partial charge in [-0.2, -0.15) is 0 Å². The number of carbonyl (C=O) groups is 1. The van der Waals surface area contributed by atoms with E-state index in [0.29, 0.717) is 6.54 Å². The zero-order valence-corrected chi connectivity index (χ0v) is 13.1. The molecule has 1 rings (SSSR count). The van der Waals surface area contributed by atoms with Crippen molar-refractivity contribution in [2.45, 2.75) is 34.1 Å². The molecule has 3 heteroatoms. The van der Waals surface area contributed by atoms with Crippen LogP contribution in [0.5, 0.6) is 0 Å². The van der Waals surface area contributed by atoms with Gasteiger partial charge in [-0.1, -0.05) is 6.07 Å². The first-order chi connectivity index (χ1) is 8.88. The number of carbonyl (C=O) groups excluding carboxylic acids is 1. The Balaban J connectivity index is 2.81. The van der Waals surface area contributed by atoms with Gasteiger partial charge in [-0.15, -0.1) is 0 Å². The van der Waals surface area contributed by atoms with E-state index in [2.05, 4.69) is 39.1 Å². The summed E-state index contributed by atoms with van der Waals surface area (Å²) in [6.07, 6.45) is 0.923. The fourth-order valence-electron chi connectivity index (χ4n) is 2.36. The lowest BCUT2D eigenvalue weighted by molar-refractivity contribution is -0.128. The maximum Gasteiger partial charge on any atom is 0.236 e. The molecule has 0 aromatic heterocycles. The summed E-state index contributed by atoms with van der Waals surface area (Å²) in [5.74, 6) is 0.141. The molecule has 0 fully saturated rings. The van der Waals surface area contributed by atoms with Gasteiger partial charge in [0.1, 0.15) is 0 Å². The van der Waals surface area contributed by atoms with Crippen molar-refractivity contribution in [2.75, 3.05) is 27.2 Å². The van der Waals surface area contributed by atoms with Crippen molar-refractivity contribution in [1.82, 2.24) is 10.2 Å². The smallest absolute Gasteiger partial charge is 0.236 e. The van der Waals surface area contributed by atoms with E-state index in [0.717, 1.165) is 13.0 Å². The van der Waals surface area contributed by atoms with E-state index in [1.165, 1.54) is 27.8 Å². The van der Waals surface area contributed by atoms with Gasteiger partial charge in [0.25, 0.3) is 0 Å². The summed E-state index contributed by atoms with van der Waals surface area (Å²) in [5.41, 5.74) is 6.78. The third-order valence-corrected chi connectivity index (χ3v) is 3.97. The number of hydrogen-bond donors (Lipinski definition) is 1. The van der Waals surface area contributed by atoms with Crippen LogP contribution in [0.2, 0.25) is 0 Å². The molecule has 19 heavy (non-hydrogen) atoms. The van der Waals surface area contributed by atoms with Crippen molar-refractivity contribution in [1.29, 1.82) is 0 Å². The number of nitrogens with one attached hydrogen (secondary N) is 1. The average Bonchev–Trinajstić information content (AvgIpc) is 2.36. The molecule has 0 bridgehead atoms. The third kappa shape index (κ3) is 3.80. The second-order valence-electron chi connectivity index (χ2n) is 5.33. The average molecular weight is 262 g/mol. The van der Waals surface area contributed by atoms with Crippen molar-refractivity contribution in [3.8, 4) is 0 Å². The van der Waals surface area contributed by atoms with Gasteiger partial charge >= 0.3 is 0 Å². The second kappa shape index (κ2) is 6.71. The molecule has 0 saturated heterocycles. The van der Waals surface area contributed by atoms with Gasteiger partial charge in [0, 0.05) is 13.6 Å². The Bertz CT molecular complexity index is 440. The zero-order valence-electron chi connectivity index (χ0n) is 13.1. The van der Waals surface area contributed by atoms with Crippen LogP contribution in [-0.4, -0.2) is 38.0 Å². The molecular weight excluding hydrogens is 236 g/mol. The van der Waals surface area contributed by atoms with Crippen LogP contribution in [0.1, 0.15) is 27.8 Å². The van der Waals surface area contributed by atoms with Crippen molar-refractivity contribution < 1.29 is 4.79 Å². The predicted octanol–water partition coefficient (Wildman–Crippen LogP) is 2.14. The molecule has 0 unspecified atom stereocenters. The van der Waals surface area contributed by atoms with Crippen molar-refractivity contribution in [3.05, 3.63) is 33.9 Å². The summed E-state index contributed by atoms with van der Waals surface area (Å²) in [7, 11) is 3.66. The Kier molecular flexibility index (Phi) is 5.55. The van der Waals surface area contributed by atoms with Crippen LogP contribution in [0.3, 0.4) is 0 Å². The lowest BCUT2D eigenvalue weighted by atomic mass is 9.92. The van der Waals surface area contributed by atoms with E-state index in [-0.39, 0.29) is 5.91 Å². The lowest BCUT2D eigenvalue weighted by Gasteiger charge is -2.20. The van der Waals surface area contributed by atoms with Crippen molar-refractivity contribution >= 4 is 5.91 Å². The number of amides is 1. The summed E-state index contributed by atoms with van der Waals surface area (Å²) in [6, 6.07) is 2.24. The van der Waals surface area contributed by atoms with Gasteiger partial charge < -0.3 is 10.2 Å². The van der Waals surface area contributed by atoms with Crippen LogP contribution in [0.25, 0.3) is 0 Å². The van der Waals surface area contributed by atoms with E-state index in [9.17, 15) is 4.79 Å². The van der Waals surface area contributed by atoms with Crippen LogP contribution >= 0.6 is 0 Å². The Hall–Kier alpha value is -1.35. The maximum absolute atomic E-state index is 11.7. The maximum atomic E-state index is 11.7. The number of rotatable bonds is 5. The van der Waals surface area contributed by atoms with Gasteiger partial charge in [-0.25, -0.2) is 0 Å². The summed E-state index contributed by atoms with van der Waals surface area (Å²) in [4.78, 5) is 13.5. The van der Waals surface area contributed by atoms with E-state index in [1.54, 1.807) is 11.9 Å². The molecule has 106 valence electrons. The molecule has 0 heterocycles. The zero-order chi connectivity index (χ0) is 14.6. The predicted molar refractivity (Wildman–Crippen MR) is 80.7 cm³/mol. The number of likely N-dealkylation sites (N-methyl/N-ethyl adjacent to an activating group) is 2. The van der Waals surface area contributed by atoms with Gasteiger partial charge in [0.05, 0.1) is 6.54 Å². The largest absolute Gasteiger partial charge is 0.344 e. The van der Waals surface area contributed by atoms with Crippen LogP contribution in [0.4, 0.5) is 0 Å². The highest BCUT2D eigenvalue weighted by molar-refractivity contribution is 5.77. The molecule has 0 aliphatic carbocycles. The van der Waals surface area contributed by atoms with Crippen LogP contribution in [-0.2, 0) is 11.2 Å². The summed E-state index contributed by atoms with van der Waals surface area (Å²) < 4.78 is 0. The molecule has 0 aliphatic heterocycles. The molecule has 1 aromatic rings. The quantitative estimate of drug-likeness (QED) is 0.882. The van der Waals surface area contributed by atoms with Gasteiger partial charge in [0.2, 0.25) is 5.91 Å². The summed E-state index contributed by atoms with van der Waals surface area (Å²) in [6.45, 7) is 9.83. The standard InChI is InChI=1S/C16H26N2O/c1-11-9-12(2)14(4)15(13(11)3)7-8-18(6)16(19)10-17-5/h9,17H,7-8,10H2,1-6H3. The van der Waals surface area contributed by atoms with Crippen LogP contribution in [0, 0.1) is 27.7 Å². The first-order valence-corrected chi connectivity index (χ1v) is 6.83. The lowest BCUT2D eigenvalue weighted by Crippen LogP contribution is -2.35. The first-order valence-electron chi connectivity index (χ1n) is 6.83. The molecule has 1 N–H and O–H groups in total. The summed E-state index contributed by atoms with van der Waals surface area (Å²) >= 11 is 0. The molecule has 0 spiro atoms. The Labute approximate surface area is 117 Å². The molecule has 1 aromatic carbocycles. The minimum atomic E-state index is 0.141. The highest BCUT2D eigenvalue weighted by Crippen LogP contribution is 2.22. The molecule has 3 nitrogen and oxygen atoms in total. The molecule has 0 atom stereocenters. The topological polar surface area (TPSA) is 32.3 Å².